The molecule has 0 radical (unpaired) electrons. The molecule has 0 amide bonds. The average molecular weight is 300 g/mol. The van der Waals surface area contributed by atoms with Crippen LogP contribution in [0.4, 0.5) is 0 Å². The second-order valence-electron chi connectivity index (χ2n) is 5.73. The lowest BCUT2D eigenvalue weighted by atomic mass is 10.0. The van der Waals surface area contributed by atoms with Crippen molar-refractivity contribution in [3.63, 3.8) is 0 Å². The van der Waals surface area contributed by atoms with E-state index in [9.17, 15) is 8.42 Å². The highest BCUT2D eigenvalue weighted by molar-refractivity contribution is 7.89. The van der Waals surface area contributed by atoms with E-state index in [0.29, 0.717) is 6.54 Å². The van der Waals surface area contributed by atoms with Crippen LogP contribution in [-0.2, 0) is 17.1 Å². The van der Waals surface area contributed by atoms with Gasteiger partial charge in [-0.3, -0.25) is 0 Å². The number of nitrogens with zero attached hydrogens (tertiary/aromatic N) is 4. The van der Waals surface area contributed by atoms with Crippen LogP contribution in [0.2, 0.25) is 0 Å². The van der Waals surface area contributed by atoms with E-state index in [2.05, 4.69) is 9.88 Å². The second kappa shape index (κ2) is 6.24. The number of sulfonamides is 1. The first-order valence-corrected chi connectivity index (χ1v) is 8.50. The molecule has 0 aromatic carbocycles. The minimum atomic E-state index is -3.46. The maximum Gasteiger partial charge on any atom is 0.262 e. The van der Waals surface area contributed by atoms with Crippen molar-refractivity contribution >= 4 is 10.0 Å². The predicted molar refractivity (Wildman–Crippen MR) is 77.9 cm³/mol. The predicted octanol–water partition coefficient (Wildman–Crippen LogP) is 0.915. The molecule has 0 unspecified atom stereocenters. The molecular weight excluding hydrogens is 276 g/mol. The van der Waals surface area contributed by atoms with Gasteiger partial charge in [-0.2, -0.15) is 4.31 Å². The number of rotatable bonds is 5. The third-order valence-corrected chi connectivity index (χ3v) is 5.57. The Morgan fingerprint density at radius 2 is 2.15 bits per heavy atom. The molecule has 0 saturated carbocycles. The van der Waals surface area contributed by atoms with Crippen LogP contribution >= 0.6 is 0 Å². The van der Waals surface area contributed by atoms with E-state index in [1.165, 1.54) is 6.33 Å². The van der Waals surface area contributed by atoms with Gasteiger partial charge in [0.2, 0.25) is 0 Å². The van der Waals surface area contributed by atoms with Crippen LogP contribution in [0.3, 0.4) is 0 Å². The monoisotopic (exact) mass is 300 g/mol. The summed E-state index contributed by atoms with van der Waals surface area (Å²) in [7, 11) is 2.36. The SMILES string of the molecule is CN(C)CC[C@@H]1CCCCN1S(=O)(=O)c1cn(C)cn1. The van der Waals surface area contributed by atoms with Gasteiger partial charge in [-0.15, -0.1) is 0 Å². The van der Waals surface area contributed by atoms with Gasteiger partial charge in [-0.25, -0.2) is 13.4 Å². The summed E-state index contributed by atoms with van der Waals surface area (Å²) in [6, 6.07) is 0.0955. The number of imidazole rings is 1. The molecular formula is C13H24N4O2S. The first-order valence-electron chi connectivity index (χ1n) is 7.06. The highest BCUT2D eigenvalue weighted by Gasteiger charge is 2.34. The Bertz CT molecular complexity index is 538. The van der Waals surface area contributed by atoms with Crippen molar-refractivity contribution in [1.29, 1.82) is 0 Å². The van der Waals surface area contributed by atoms with Crippen LogP contribution in [0.25, 0.3) is 0 Å². The first kappa shape index (κ1) is 15.5. The molecule has 20 heavy (non-hydrogen) atoms. The quantitative estimate of drug-likeness (QED) is 0.811. The van der Waals surface area contributed by atoms with Crippen molar-refractivity contribution < 1.29 is 8.42 Å². The summed E-state index contributed by atoms with van der Waals surface area (Å²) in [5.74, 6) is 0. The van der Waals surface area contributed by atoms with E-state index in [4.69, 9.17) is 0 Å². The lowest BCUT2D eigenvalue weighted by molar-refractivity contribution is 0.222. The van der Waals surface area contributed by atoms with Crippen molar-refractivity contribution in [3.05, 3.63) is 12.5 Å². The molecule has 1 aliphatic rings. The topological polar surface area (TPSA) is 58.4 Å². The van der Waals surface area contributed by atoms with Gasteiger partial charge in [0.05, 0.1) is 6.33 Å². The average Bonchev–Trinajstić information content (AvgIpc) is 2.84. The fourth-order valence-electron chi connectivity index (χ4n) is 2.63. The summed E-state index contributed by atoms with van der Waals surface area (Å²) in [5.41, 5.74) is 0. The van der Waals surface area contributed by atoms with Crippen LogP contribution in [0.15, 0.2) is 17.6 Å². The van der Waals surface area contributed by atoms with Gasteiger partial charge in [0.1, 0.15) is 0 Å². The molecule has 114 valence electrons. The molecule has 6 nitrogen and oxygen atoms in total. The zero-order valence-corrected chi connectivity index (χ0v) is 13.3. The maximum atomic E-state index is 12.7. The lowest BCUT2D eigenvalue weighted by Crippen LogP contribution is -2.44. The van der Waals surface area contributed by atoms with Gasteiger partial charge in [-0.1, -0.05) is 6.42 Å². The van der Waals surface area contributed by atoms with E-state index in [1.807, 2.05) is 14.1 Å². The van der Waals surface area contributed by atoms with E-state index >= 15 is 0 Å². The summed E-state index contributed by atoms with van der Waals surface area (Å²) >= 11 is 0. The summed E-state index contributed by atoms with van der Waals surface area (Å²) in [6.45, 7) is 1.51. The number of hydrogen-bond acceptors (Lipinski definition) is 4. The smallest absolute Gasteiger partial charge is 0.262 e. The Labute approximate surface area is 121 Å². The number of aryl methyl sites for hydroxylation is 1. The minimum absolute atomic E-state index is 0.0955. The van der Waals surface area contributed by atoms with E-state index in [0.717, 1.165) is 32.2 Å². The zero-order chi connectivity index (χ0) is 14.8. The van der Waals surface area contributed by atoms with E-state index in [-0.39, 0.29) is 11.1 Å². The van der Waals surface area contributed by atoms with Crippen LogP contribution in [0.5, 0.6) is 0 Å². The molecule has 1 aromatic heterocycles. The highest BCUT2D eigenvalue weighted by atomic mass is 32.2. The van der Waals surface area contributed by atoms with Crippen LogP contribution in [-0.4, -0.2) is 60.4 Å². The molecule has 0 spiro atoms. The molecule has 2 rings (SSSR count). The minimum Gasteiger partial charge on any atom is -0.339 e. The maximum absolute atomic E-state index is 12.7. The first-order chi connectivity index (χ1) is 9.41. The van der Waals surface area contributed by atoms with Crippen molar-refractivity contribution in [2.24, 2.45) is 7.05 Å². The van der Waals surface area contributed by atoms with Gasteiger partial charge in [-0.05, 0) is 39.9 Å². The summed E-state index contributed by atoms with van der Waals surface area (Å²) in [6.07, 6.45) is 6.97. The van der Waals surface area contributed by atoms with Crippen LogP contribution < -0.4 is 0 Å². The summed E-state index contributed by atoms with van der Waals surface area (Å²) < 4.78 is 28.7. The molecule has 1 aliphatic heterocycles. The Kier molecular flexibility index (Phi) is 4.82. The van der Waals surface area contributed by atoms with Crippen LogP contribution in [0.1, 0.15) is 25.7 Å². The van der Waals surface area contributed by atoms with Crippen molar-refractivity contribution in [1.82, 2.24) is 18.8 Å². The van der Waals surface area contributed by atoms with Gasteiger partial charge < -0.3 is 9.47 Å². The van der Waals surface area contributed by atoms with E-state index in [1.54, 1.807) is 22.1 Å². The Morgan fingerprint density at radius 3 is 2.75 bits per heavy atom. The third kappa shape index (κ3) is 3.39. The largest absolute Gasteiger partial charge is 0.339 e. The zero-order valence-electron chi connectivity index (χ0n) is 12.5. The van der Waals surface area contributed by atoms with Gasteiger partial charge in [0.15, 0.2) is 5.03 Å². The molecule has 2 heterocycles. The fraction of sp³-hybridized carbons (Fsp3) is 0.769. The van der Waals surface area contributed by atoms with Crippen molar-refractivity contribution in [2.75, 3.05) is 27.2 Å². The molecule has 1 aromatic rings. The van der Waals surface area contributed by atoms with E-state index < -0.39 is 10.0 Å². The van der Waals surface area contributed by atoms with Gasteiger partial charge in [0.25, 0.3) is 10.0 Å². The van der Waals surface area contributed by atoms with Crippen molar-refractivity contribution in [2.45, 2.75) is 36.8 Å². The lowest BCUT2D eigenvalue weighted by Gasteiger charge is -2.34. The van der Waals surface area contributed by atoms with Gasteiger partial charge in [0, 0.05) is 25.8 Å². The molecule has 7 heteroatoms. The fourth-order valence-corrected chi connectivity index (χ4v) is 4.32. The molecule has 0 aliphatic carbocycles. The molecule has 1 saturated heterocycles. The number of hydrogen-bond donors (Lipinski definition) is 0. The number of piperidine rings is 1. The molecule has 0 N–H and O–H groups in total. The second-order valence-corrected chi connectivity index (χ2v) is 7.57. The molecule has 1 fully saturated rings. The third-order valence-electron chi connectivity index (χ3n) is 3.74. The molecule has 1 atom stereocenters. The summed E-state index contributed by atoms with van der Waals surface area (Å²) in [4.78, 5) is 6.11. The van der Waals surface area contributed by atoms with Crippen LogP contribution in [0, 0.1) is 0 Å². The Hall–Kier alpha value is -0.920. The Morgan fingerprint density at radius 1 is 1.40 bits per heavy atom. The number of aromatic nitrogens is 2. The Balaban J connectivity index is 2.18. The normalized spacial score (nSPS) is 21.5. The van der Waals surface area contributed by atoms with Crippen molar-refractivity contribution in [3.8, 4) is 0 Å². The highest BCUT2D eigenvalue weighted by Crippen LogP contribution is 2.26. The molecule has 0 bridgehead atoms. The standard InChI is InChI=1S/C13H24N4O2S/c1-15(2)9-7-12-6-4-5-8-17(12)20(18,19)13-10-16(3)11-14-13/h10-12H,4-9H2,1-3H3/t12-/m0/s1. The summed E-state index contributed by atoms with van der Waals surface area (Å²) in [5, 5.41) is 0.164. The van der Waals surface area contributed by atoms with Gasteiger partial charge >= 0.3 is 0 Å².